The lowest BCUT2D eigenvalue weighted by Crippen LogP contribution is -2.39. The van der Waals surface area contributed by atoms with Crippen LogP contribution in [0.2, 0.25) is 0 Å². The molecule has 0 fully saturated rings. The van der Waals surface area contributed by atoms with Crippen LogP contribution in [-0.2, 0) is 13.0 Å². The van der Waals surface area contributed by atoms with E-state index in [0.717, 1.165) is 34.8 Å². The molecule has 1 aliphatic rings. The minimum Gasteiger partial charge on any atom is -0.320 e. The fourth-order valence-corrected chi connectivity index (χ4v) is 3.06. The first-order chi connectivity index (χ1) is 12.7. The van der Waals surface area contributed by atoms with Gasteiger partial charge in [0.1, 0.15) is 0 Å². The summed E-state index contributed by atoms with van der Waals surface area (Å²) in [7, 11) is 0. The van der Waals surface area contributed by atoms with Crippen LogP contribution in [0, 0.1) is 6.92 Å². The molecule has 0 unspecified atom stereocenters. The van der Waals surface area contributed by atoms with Gasteiger partial charge in [0.05, 0.1) is 12.2 Å². The molecule has 1 N–H and O–H groups in total. The third-order valence-corrected chi connectivity index (χ3v) is 4.56. The highest BCUT2D eigenvalue weighted by atomic mass is 16.2. The summed E-state index contributed by atoms with van der Waals surface area (Å²) in [6, 6.07) is 17.7. The Morgan fingerprint density at radius 3 is 2.62 bits per heavy atom. The highest BCUT2D eigenvalue weighted by molar-refractivity contribution is 5.89. The number of benzene rings is 2. The minimum absolute atomic E-state index is 0.0911. The molecule has 1 aliphatic heterocycles. The molecule has 0 aliphatic carbocycles. The number of nitrogens with zero attached hydrogens (tertiary/aromatic N) is 3. The van der Waals surface area contributed by atoms with Gasteiger partial charge in [-0.05, 0) is 19.1 Å². The fraction of sp³-hybridized carbons (Fsp3) is 0.190. The molecule has 0 radical (unpaired) electrons. The van der Waals surface area contributed by atoms with Gasteiger partial charge in [0.25, 0.3) is 0 Å². The largest absolute Gasteiger partial charge is 0.322 e. The number of hydrogen-bond donors (Lipinski definition) is 1. The summed E-state index contributed by atoms with van der Waals surface area (Å²) in [4.78, 5) is 23.5. The quantitative estimate of drug-likeness (QED) is 0.763. The summed E-state index contributed by atoms with van der Waals surface area (Å²) >= 11 is 0. The Hall–Kier alpha value is -3.21. The minimum atomic E-state index is -0.0911. The average Bonchev–Trinajstić information content (AvgIpc) is 2.69. The lowest BCUT2D eigenvalue weighted by Gasteiger charge is -2.28. The Morgan fingerprint density at radius 1 is 1.08 bits per heavy atom. The summed E-state index contributed by atoms with van der Waals surface area (Å²) in [5.74, 6) is 0.738. The van der Waals surface area contributed by atoms with Crippen LogP contribution in [0.1, 0.15) is 16.8 Å². The second kappa shape index (κ2) is 6.96. The zero-order chi connectivity index (χ0) is 17.9. The standard InChI is InChI=1S/C21H20N4O/c1-15-7-9-18(10-8-15)23-21(26)25-12-11-19-17(14-25)13-22-20(24-19)16-5-3-2-4-6-16/h2-10,13H,11-12,14H2,1H3,(H,23,26). The number of urea groups is 1. The lowest BCUT2D eigenvalue weighted by atomic mass is 10.1. The zero-order valence-electron chi connectivity index (χ0n) is 14.6. The fourth-order valence-electron chi connectivity index (χ4n) is 3.06. The monoisotopic (exact) mass is 344 g/mol. The van der Waals surface area contributed by atoms with Crippen molar-refractivity contribution in [2.75, 3.05) is 11.9 Å². The number of hydrogen-bond acceptors (Lipinski definition) is 3. The first-order valence-corrected chi connectivity index (χ1v) is 8.72. The van der Waals surface area contributed by atoms with E-state index in [-0.39, 0.29) is 6.03 Å². The number of fused-ring (bicyclic) bond motifs is 1. The van der Waals surface area contributed by atoms with E-state index in [1.165, 1.54) is 5.56 Å². The maximum Gasteiger partial charge on any atom is 0.322 e. The number of aryl methyl sites for hydroxylation is 1. The van der Waals surface area contributed by atoms with Gasteiger partial charge in [-0.1, -0.05) is 48.0 Å². The van der Waals surface area contributed by atoms with E-state index in [2.05, 4.69) is 10.3 Å². The second-order valence-corrected chi connectivity index (χ2v) is 6.50. The van der Waals surface area contributed by atoms with Gasteiger partial charge in [-0.25, -0.2) is 14.8 Å². The molecule has 0 saturated carbocycles. The van der Waals surface area contributed by atoms with Crippen LogP contribution in [0.15, 0.2) is 60.8 Å². The molecule has 2 amide bonds. The van der Waals surface area contributed by atoms with E-state index < -0.39 is 0 Å². The van der Waals surface area contributed by atoms with Crippen LogP contribution in [0.3, 0.4) is 0 Å². The molecule has 5 nitrogen and oxygen atoms in total. The van der Waals surface area contributed by atoms with Gasteiger partial charge in [0.2, 0.25) is 0 Å². The number of carbonyl (C=O) groups excluding carboxylic acids is 1. The summed E-state index contributed by atoms with van der Waals surface area (Å²) in [5.41, 5.74) is 5.02. The van der Waals surface area contributed by atoms with Crippen molar-refractivity contribution in [3.63, 3.8) is 0 Å². The molecule has 2 heterocycles. The summed E-state index contributed by atoms with van der Waals surface area (Å²) in [6.45, 7) is 3.20. The maximum atomic E-state index is 12.5. The number of anilines is 1. The first-order valence-electron chi connectivity index (χ1n) is 8.72. The molecule has 1 aromatic heterocycles. The highest BCUT2D eigenvalue weighted by Gasteiger charge is 2.22. The van der Waals surface area contributed by atoms with Crippen molar-refractivity contribution in [3.05, 3.63) is 77.6 Å². The topological polar surface area (TPSA) is 58.1 Å². The summed E-state index contributed by atoms with van der Waals surface area (Å²) in [5, 5.41) is 2.95. The van der Waals surface area contributed by atoms with Crippen molar-refractivity contribution in [2.24, 2.45) is 0 Å². The third kappa shape index (κ3) is 3.42. The molecule has 130 valence electrons. The lowest BCUT2D eigenvalue weighted by molar-refractivity contribution is 0.206. The number of carbonyl (C=O) groups is 1. The van der Waals surface area contributed by atoms with E-state index in [0.29, 0.717) is 13.1 Å². The molecule has 3 aromatic rings. The van der Waals surface area contributed by atoms with Crippen molar-refractivity contribution in [2.45, 2.75) is 19.9 Å². The summed E-state index contributed by atoms with van der Waals surface area (Å²) in [6.07, 6.45) is 2.58. The highest BCUT2D eigenvalue weighted by Crippen LogP contribution is 2.21. The Kier molecular flexibility index (Phi) is 4.35. The van der Waals surface area contributed by atoms with Crippen molar-refractivity contribution >= 4 is 11.7 Å². The number of amides is 2. The summed E-state index contributed by atoms with van der Waals surface area (Å²) < 4.78 is 0. The normalized spacial score (nSPS) is 13.2. The Labute approximate surface area is 152 Å². The van der Waals surface area contributed by atoms with Gasteiger partial charge < -0.3 is 10.2 Å². The Morgan fingerprint density at radius 2 is 1.85 bits per heavy atom. The van der Waals surface area contributed by atoms with Gasteiger partial charge in [-0.3, -0.25) is 0 Å². The number of aromatic nitrogens is 2. The predicted octanol–water partition coefficient (Wildman–Crippen LogP) is 4.04. The smallest absolute Gasteiger partial charge is 0.320 e. The van der Waals surface area contributed by atoms with Gasteiger partial charge in [-0.2, -0.15) is 0 Å². The van der Waals surface area contributed by atoms with Crippen molar-refractivity contribution in [1.82, 2.24) is 14.9 Å². The van der Waals surface area contributed by atoms with Crippen LogP contribution >= 0.6 is 0 Å². The molecular formula is C21H20N4O. The van der Waals surface area contributed by atoms with E-state index in [1.54, 1.807) is 4.90 Å². The van der Waals surface area contributed by atoms with Crippen molar-refractivity contribution in [1.29, 1.82) is 0 Å². The van der Waals surface area contributed by atoms with Crippen LogP contribution in [0.25, 0.3) is 11.4 Å². The molecular weight excluding hydrogens is 324 g/mol. The first kappa shape index (κ1) is 16.3. The van der Waals surface area contributed by atoms with Crippen LogP contribution in [0.5, 0.6) is 0 Å². The second-order valence-electron chi connectivity index (χ2n) is 6.50. The van der Waals surface area contributed by atoms with Gasteiger partial charge in [0.15, 0.2) is 5.82 Å². The number of rotatable bonds is 2. The maximum absolute atomic E-state index is 12.5. The average molecular weight is 344 g/mol. The van der Waals surface area contributed by atoms with Crippen molar-refractivity contribution in [3.8, 4) is 11.4 Å². The van der Waals surface area contributed by atoms with Crippen LogP contribution < -0.4 is 5.32 Å². The molecule has 0 spiro atoms. The van der Waals surface area contributed by atoms with Crippen molar-refractivity contribution < 1.29 is 4.79 Å². The molecule has 0 bridgehead atoms. The van der Waals surface area contributed by atoms with E-state index in [1.807, 2.05) is 67.7 Å². The van der Waals surface area contributed by atoms with E-state index >= 15 is 0 Å². The molecule has 0 saturated heterocycles. The number of nitrogens with one attached hydrogen (secondary N) is 1. The Balaban J connectivity index is 1.47. The van der Waals surface area contributed by atoms with Crippen LogP contribution in [0.4, 0.5) is 10.5 Å². The molecule has 5 heteroatoms. The molecule has 4 rings (SSSR count). The molecule has 26 heavy (non-hydrogen) atoms. The van der Waals surface area contributed by atoms with Gasteiger partial charge >= 0.3 is 6.03 Å². The SMILES string of the molecule is Cc1ccc(NC(=O)N2CCc3nc(-c4ccccc4)ncc3C2)cc1. The van der Waals surface area contributed by atoms with E-state index in [4.69, 9.17) is 4.98 Å². The molecule has 0 atom stereocenters. The molecule has 2 aromatic carbocycles. The van der Waals surface area contributed by atoms with Gasteiger partial charge in [0, 0.05) is 36.0 Å². The predicted molar refractivity (Wildman–Crippen MR) is 102 cm³/mol. The van der Waals surface area contributed by atoms with E-state index in [9.17, 15) is 4.79 Å². The Bertz CT molecular complexity index is 923. The van der Waals surface area contributed by atoms with Crippen LogP contribution in [-0.4, -0.2) is 27.4 Å². The third-order valence-electron chi connectivity index (χ3n) is 4.56. The zero-order valence-corrected chi connectivity index (χ0v) is 14.6. The van der Waals surface area contributed by atoms with Gasteiger partial charge in [-0.15, -0.1) is 0 Å².